The maximum absolute atomic E-state index is 13.0. The molecule has 0 N–H and O–H groups in total. The van der Waals surface area contributed by atoms with Crippen LogP contribution in [0.2, 0.25) is 0 Å². The number of nitrogens with zero attached hydrogens (tertiary/aromatic N) is 3. The van der Waals surface area contributed by atoms with Crippen molar-refractivity contribution >= 4 is 20.7 Å². The summed E-state index contributed by atoms with van der Waals surface area (Å²) in [5, 5.41) is 0.890. The molecule has 0 bridgehead atoms. The molecule has 2 aromatic heterocycles. The van der Waals surface area contributed by atoms with E-state index in [4.69, 9.17) is 0 Å². The summed E-state index contributed by atoms with van der Waals surface area (Å²) in [7, 11) is -3.04. The number of aromatic nitrogens is 3. The Balaban J connectivity index is 1.88. The number of aryl methyl sites for hydroxylation is 2. The third-order valence-electron chi connectivity index (χ3n) is 5.19. The van der Waals surface area contributed by atoms with Gasteiger partial charge in [-0.3, -0.25) is 9.55 Å². The predicted molar refractivity (Wildman–Crippen MR) is 110 cm³/mol. The fourth-order valence-corrected chi connectivity index (χ4v) is 4.28. The van der Waals surface area contributed by atoms with Crippen LogP contribution in [0.1, 0.15) is 42.1 Å². The molecule has 0 saturated heterocycles. The number of fused-ring (bicyclic) bond motifs is 1. The molecule has 4 rings (SSSR count). The van der Waals surface area contributed by atoms with Crippen LogP contribution >= 0.6 is 0 Å². The normalized spacial score (nSPS) is 14.5. The van der Waals surface area contributed by atoms with Crippen molar-refractivity contribution in [2.45, 2.75) is 38.5 Å². The molecule has 0 atom stereocenters. The molecule has 1 aliphatic carbocycles. The van der Waals surface area contributed by atoms with Crippen molar-refractivity contribution in [3.63, 3.8) is 0 Å². The van der Waals surface area contributed by atoms with Gasteiger partial charge in [0, 0.05) is 17.8 Å². The van der Waals surface area contributed by atoms with E-state index in [2.05, 4.69) is 22.1 Å². The zero-order chi connectivity index (χ0) is 19.9. The van der Waals surface area contributed by atoms with Crippen LogP contribution < -0.4 is 5.69 Å². The van der Waals surface area contributed by atoms with Gasteiger partial charge in [-0.25, -0.2) is 13.2 Å². The van der Waals surface area contributed by atoms with Gasteiger partial charge in [0.05, 0.1) is 28.3 Å². The molecule has 0 unspecified atom stereocenters. The van der Waals surface area contributed by atoms with Crippen LogP contribution in [0.3, 0.4) is 0 Å². The lowest BCUT2D eigenvalue weighted by Gasteiger charge is -2.15. The maximum Gasteiger partial charge on any atom is 0.352 e. The van der Waals surface area contributed by atoms with Gasteiger partial charge in [0.25, 0.3) is 0 Å². The zero-order valence-corrected chi connectivity index (χ0v) is 16.9. The van der Waals surface area contributed by atoms with Gasteiger partial charge >= 0.3 is 5.69 Å². The smallest absolute Gasteiger partial charge is 0.259 e. The highest BCUT2D eigenvalue weighted by molar-refractivity contribution is 7.90. The van der Waals surface area contributed by atoms with Gasteiger partial charge in [-0.15, -0.1) is 0 Å². The quantitative estimate of drug-likeness (QED) is 0.639. The predicted octanol–water partition coefficient (Wildman–Crippen LogP) is 2.94. The van der Waals surface area contributed by atoms with Gasteiger partial charge in [0.1, 0.15) is 9.84 Å². The molecule has 0 spiro atoms. The zero-order valence-electron chi connectivity index (χ0n) is 16.1. The Morgan fingerprint density at radius 1 is 1.21 bits per heavy atom. The molecule has 1 fully saturated rings. The molecule has 1 aromatic carbocycles. The third-order valence-corrected chi connectivity index (χ3v) is 6.22. The van der Waals surface area contributed by atoms with Gasteiger partial charge in [0.2, 0.25) is 0 Å². The molecule has 0 amide bonds. The third kappa shape index (κ3) is 3.85. The van der Waals surface area contributed by atoms with E-state index in [9.17, 15) is 13.2 Å². The first-order chi connectivity index (χ1) is 13.3. The average molecular weight is 398 g/mol. The number of pyridine rings is 1. The second-order valence-corrected chi connectivity index (χ2v) is 9.83. The summed E-state index contributed by atoms with van der Waals surface area (Å²) < 4.78 is 24.6. The molecule has 28 heavy (non-hydrogen) atoms. The lowest BCUT2D eigenvalue weighted by molar-refractivity contribution is 0.599. The number of hydrogen-bond acceptors (Lipinski definition) is 5. The molecule has 0 radical (unpaired) electrons. The summed E-state index contributed by atoms with van der Waals surface area (Å²) >= 11 is 0. The summed E-state index contributed by atoms with van der Waals surface area (Å²) in [6.07, 6.45) is 6.18. The topological polar surface area (TPSA) is 81.9 Å². The lowest BCUT2D eigenvalue weighted by Crippen LogP contribution is -2.24. The van der Waals surface area contributed by atoms with E-state index >= 15 is 0 Å². The van der Waals surface area contributed by atoms with E-state index in [0.29, 0.717) is 24.5 Å². The van der Waals surface area contributed by atoms with Crippen LogP contribution in [-0.2, 0) is 16.3 Å². The lowest BCUT2D eigenvalue weighted by atomic mass is 10.0. The minimum absolute atomic E-state index is 0.0845. The van der Waals surface area contributed by atoms with E-state index in [1.165, 1.54) is 24.7 Å². The maximum atomic E-state index is 13.0. The standard InChI is InChI=1S/C21H23N3O3S/c1-14-19(6-3-11-22-14)24-20-13-16(15-7-8-15)9-10-17(20)18(23-21(24)25)5-4-12-28(2,26)27/h3,6,9-11,13,15H,4-5,7-8,12H2,1-2H3. The Bertz CT molecular complexity index is 1210. The van der Waals surface area contributed by atoms with Crippen molar-refractivity contribution < 1.29 is 8.42 Å². The fourth-order valence-electron chi connectivity index (χ4n) is 3.61. The summed E-state index contributed by atoms with van der Waals surface area (Å²) in [5.74, 6) is 0.644. The molecule has 0 aliphatic heterocycles. The Morgan fingerprint density at radius 3 is 2.68 bits per heavy atom. The average Bonchev–Trinajstić information content (AvgIpc) is 3.46. The monoisotopic (exact) mass is 397 g/mol. The largest absolute Gasteiger partial charge is 0.352 e. The molecule has 7 heteroatoms. The number of benzene rings is 1. The molecular weight excluding hydrogens is 374 g/mol. The molecule has 6 nitrogen and oxygen atoms in total. The van der Waals surface area contributed by atoms with Crippen LogP contribution in [0.4, 0.5) is 0 Å². The number of sulfone groups is 1. The van der Waals surface area contributed by atoms with Crippen LogP contribution in [0.15, 0.2) is 41.3 Å². The van der Waals surface area contributed by atoms with E-state index in [1.54, 1.807) is 10.8 Å². The van der Waals surface area contributed by atoms with Crippen molar-refractivity contribution in [1.29, 1.82) is 0 Å². The van der Waals surface area contributed by atoms with E-state index in [0.717, 1.165) is 22.3 Å². The van der Waals surface area contributed by atoms with Crippen LogP contribution in [0.25, 0.3) is 16.6 Å². The Labute approximate surface area is 164 Å². The second-order valence-electron chi connectivity index (χ2n) is 7.57. The van der Waals surface area contributed by atoms with Crippen molar-refractivity contribution in [2.24, 2.45) is 0 Å². The van der Waals surface area contributed by atoms with Crippen molar-refractivity contribution in [3.8, 4) is 5.69 Å². The minimum atomic E-state index is -3.04. The SMILES string of the molecule is Cc1ncccc1-n1c(=O)nc(CCCS(C)(=O)=O)c2ccc(C3CC3)cc21. The summed E-state index contributed by atoms with van der Waals surface area (Å²) in [6, 6.07) is 9.89. The molecule has 3 aromatic rings. The minimum Gasteiger partial charge on any atom is -0.259 e. The Hall–Kier alpha value is -2.54. The summed E-state index contributed by atoms with van der Waals surface area (Å²) in [6.45, 7) is 1.87. The van der Waals surface area contributed by atoms with Gasteiger partial charge in [0.15, 0.2) is 0 Å². The van der Waals surface area contributed by atoms with Crippen LogP contribution in [0, 0.1) is 6.92 Å². The summed E-state index contributed by atoms with van der Waals surface area (Å²) in [4.78, 5) is 21.6. The Kier molecular flexibility index (Phi) is 4.79. The van der Waals surface area contributed by atoms with Gasteiger partial charge < -0.3 is 0 Å². The van der Waals surface area contributed by atoms with E-state index < -0.39 is 9.84 Å². The first kappa shape index (κ1) is 18.8. The molecule has 146 valence electrons. The fraction of sp³-hybridized carbons (Fsp3) is 0.381. The Morgan fingerprint density at radius 2 is 2.00 bits per heavy atom. The molecule has 2 heterocycles. The first-order valence-electron chi connectivity index (χ1n) is 9.49. The van der Waals surface area contributed by atoms with Gasteiger partial charge in [-0.1, -0.05) is 12.1 Å². The van der Waals surface area contributed by atoms with Crippen LogP contribution in [0.5, 0.6) is 0 Å². The highest BCUT2D eigenvalue weighted by atomic mass is 32.2. The number of hydrogen-bond donors (Lipinski definition) is 0. The molecular formula is C21H23N3O3S. The summed E-state index contributed by atoms with van der Waals surface area (Å²) in [5.41, 5.74) is 3.83. The van der Waals surface area contributed by atoms with Gasteiger partial charge in [-0.2, -0.15) is 4.98 Å². The number of rotatable bonds is 6. The van der Waals surface area contributed by atoms with Crippen molar-refractivity contribution in [2.75, 3.05) is 12.0 Å². The van der Waals surface area contributed by atoms with Crippen molar-refractivity contribution in [1.82, 2.24) is 14.5 Å². The highest BCUT2D eigenvalue weighted by Crippen LogP contribution is 2.41. The molecule has 1 aliphatic rings. The van der Waals surface area contributed by atoms with E-state index in [-0.39, 0.29) is 11.4 Å². The highest BCUT2D eigenvalue weighted by Gasteiger charge is 2.24. The van der Waals surface area contributed by atoms with Crippen molar-refractivity contribution in [3.05, 3.63) is 64.0 Å². The van der Waals surface area contributed by atoms with E-state index in [1.807, 2.05) is 25.1 Å². The molecule has 1 saturated carbocycles. The van der Waals surface area contributed by atoms with Gasteiger partial charge in [-0.05, 0) is 62.3 Å². The van der Waals surface area contributed by atoms with Crippen LogP contribution in [-0.4, -0.2) is 35.0 Å². The first-order valence-corrected chi connectivity index (χ1v) is 11.5. The second kappa shape index (κ2) is 7.13.